The van der Waals surface area contributed by atoms with Crippen LogP contribution < -0.4 is 0 Å². The highest BCUT2D eigenvalue weighted by Gasteiger charge is 2.15. The number of rotatable bonds is 9. The minimum Gasteiger partial charge on any atom is -0.461 e. The molecule has 0 bridgehead atoms. The lowest BCUT2D eigenvalue weighted by atomic mass is 10.0. The van der Waals surface area contributed by atoms with Gasteiger partial charge in [0.1, 0.15) is 5.70 Å². The third kappa shape index (κ3) is 6.86. The quantitative estimate of drug-likeness (QED) is 0.322. The largest absolute Gasteiger partial charge is 0.461 e. The fourth-order valence-corrected chi connectivity index (χ4v) is 2.43. The van der Waals surface area contributed by atoms with E-state index in [-0.39, 0.29) is 18.9 Å². The Bertz CT molecular complexity index is 593. The number of aromatic nitrogens is 2. The third-order valence-corrected chi connectivity index (χ3v) is 3.76. The highest BCUT2D eigenvalue weighted by atomic mass is 32.2. The molecule has 0 saturated heterocycles. The average molecular weight is 330 g/mol. The summed E-state index contributed by atoms with van der Waals surface area (Å²) in [4.78, 5) is 16.1. The summed E-state index contributed by atoms with van der Waals surface area (Å²) in [7, 11) is -4.03. The Morgan fingerprint density at radius 2 is 2.23 bits per heavy atom. The van der Waals surface area contributed by atoms with E-state index in [4.69, 9.17) is 9.29 Å². The molecular weight excluding hydrogens is 308 g/mol. The van der Waals surface area contributed by atoms with Gasteiger partial charge in [-0.05, 0) is 24.8 Å². The van der Waals surface area contributed by atoms with E-state index < -0.39 is 21.8 Å². The molecular formula is C14H22N2O5S. The molecule has 0 aliphatic heterocycles. The van der Waals surface area contributed by atoms with Crippen LogP contribution in [0.25, 0.3) is 5.70 Å². The van der Waals surface area contributed by atoms with E-state index in [1.54, 1.807) is 17.0 Å². The smallest absolute Gasteiger partial charge is 0.355 e. The van der Waals surface area contributed by atoms with Crippen molar-refractivity contribution in [3.05, 3.63) is 24.8 Å². The first-order valence-electron chi connectivity index (χ1n) is 7.16. The zero-order valence-electron chi connectivity index (χ0n) is 12.8. The molecule has 0 radical (unpaired) electrons. The molecule has 1 atom stereocenters. The van der Waals surface area contributed by atoms with Gasteiger partial charge in [-0.1, -0.05) is 20.3 Å². The highest BCUT2D eigenvalue weighted by Crippen LogP contribution is 2.15. The summed E-state index contributed by atoms with van der Waals surface area (Å²) in [5, 5.41) is 0. The predicted molar refractivity (Wildman–Crippen MR) is 82.6 cm³/mol. The molecule has 1 rings (SSSR count). The molecule has 7 nitrogen and oxygen atoms in total. The minimum atomic E-state index is -4.03. The summed E-state index contributed by atoms with van der Waals surface area (Å²) in [5.74, 6) is -0.777. The fourth-order valence-electron chi connectivity index (χ4n) is 1.95. The maximum atomic E-state index is 12.2. The molecule has 1 N–H and O–H groups in total. The van der Waals surface area contributed by atoms with Crippen molar-refractivity contribution in [3.8, 4) is 0 Å². The lowest BCUT2D eigenvalue weighted by Gasteiger charge is -2.11. The van der Waals surface area contributed by atoms with E-state index in [2.05, 4.69) is 11.9 Å². The van der Waals surface area contributed by atoms with Gasteiger partial charge < -0.3 is 9.30 Å². The van der Waals surface area contributed by atoms with E-state index in [0.29, 0.717) is 5.70 Å². The molecule has 1 unspecified atom stereocenters. The molecule has 0 aliphatic carbocycles. The van der Waals surface area contributed by atoms with E-state index in [0.717, 1.165) is 12.8 Å². The monoisotopic (exact) mass is 330 g/mol. The van der Waals surface area contributed by atoms with Gasteiger partial charge in [-0.2, -0.15) is 8.42 Å². The molecule has 0 aromatic carbocycles. The summed E-state index contributed by atoms with van der Waals surface area (Å²) >= 11 is 0. The van der Waals surface area contributed by atoms with Gasteiger partial charge >= 0.3 is 5.97 Å². The van der Waals surface area contributed by atoms with Crippen molar-refractivity contribution in [2.24, 2.45) is 5.92 Å². The Kier molecular flexibility index (Phi) is 7.26. The van der Waals surface area contributed by atoms with Crippen LogP contribution in [-0.2, 0) is 19.6 Å². The predicted octanol–water partition coefficient (Wildman–Crippen LogP) is 1.98. The van der Waals surface area contributed by atoms with Crippen LogP contribution in [0, 0.1) is 5.92 Å². The van der Waals surface area contributed by atoms with Crippen LogP contribution in [0.4, 0.5) is 0 Å². The van der Waals surface area contributed by atoms with Gasteiger partial charge in [0.05, 0.1) is 18.7 Å². The summed E-state index contributed by atoms with van der Waals surface area (Å²) in [5.41, 5.74) is 0.352. The first-order chi connectivity index (χ1) is 10.3. The first kappa shape index (κ1) is 18.4. The fraction of sp³-hybridized carbons (Fsp3) is 0.571. The Balaban J connectivity index is 2.69. The summed E-state index contributed by atoms with van der Waals surface area (Å²) in [6, 6.07) is 0. The van der Waals surface area contributed by atoms with Crippen LogP contribution in [0.5, 0.6) is 0 Å². The van der Waals surface area contributed by atoms with Crippen LogP contribution in [0.15, 0.2) is 24.8 Å². The number of ether oxygens (including phenoxy) is 1. The topological polar surface area (TPSA) is 98.5 Å². The maximum Gasteiger partial charge on any atom is 0.355 e. The van der Waals surface area contributed by atoms with Gasteiger partial charge in [0, 0.05) is 12.4 Å². The van der Waals surface area contributed by atoms with Crippen LogP contribution in [0.1, 0.15) is 33.1 Å². The zero-order valence-corrected chi connectivity index (χ0v) is 13.6. The lowest BCUT2D eigenvalue weighted by Crippen LogP contribution is -2.15. The molecule has 8 heteroatoms. The number of hydrogen-bond donors (Lipinski definition) is 1. The molecule has 0 aliphatic rings. The molecule has 22 heavy (non-hydrogen) atoms. The standard InChI is InChI=1S/C14H22N2O5S/c1-3-5-12(2)10-13(16-7-6-15-11-16)14(17)21-8-4-9-22(18,19)20/h6-7,10-12H,3-5,8-9H2,1-2H3,(H,18,19,20). The van der Waals surface area contributed by atoms with Gasteiger partial charge in [-0.3, -0.25) is 4.55 Å². The van der Waals surface area contributed by atoms with E-state index in [9.17, 15) is 13.2 Å². The van der Waals surface area contributed by atoms with Crippen LogP contribution in [0.2, 0.25) is 0 Å². The Hall–Kier alpha value is -1.67. The minimum absolute atomic E-state index is 0.0479. The Morgan fingerprint density at radius 3 is 2.77 bits per heavy atom. The van der Waals surface area contributed by atoms with Crippen molar-refractivity contribution in [2.75, 3.05) is 12.4 Å². The van der Waals surface area contributed by atoms with Crippen molar-refractivity contribution in [3.63, 3.8) is 0 Å². The summed E-state index contributed by atoms with van der Waals surface area (Å²) in [6.07, 6.45) is 8.51. The number of nitrogens with zero attached hydrogens (tertiary/aromatic N) is 2. The molecule has 1 aromatic rings. The lowest BCUT2D eigenvalue weighted by molar-refractivity contribution is -0.137. The first-order valence-corrected chi connectivity index (χ1v) is 8.77. The van der Waals surface area contributed by atoms with Gasteiger partial charge in [0.15, 0.2) is 0 Å². The third-order valence-electron chi connectivity index (χ3n) is 2.96. The van der Waals surface area contributed by atoms with E-state index >= 15 is 0 Å². The van der Waals surface area contributed by atoms with Crippen molar-refractivity contribution in [2.45, 2.75) is 33.1 Å². The van der Waals surface area contributed by atoms with Crippen LogP contribution in [-0.4, -0.2) is 40.9 Å². The normalized spacial score (nSPS) is 13.9. The number of esters is 1. The molecule has 0 spiro atoms. The Labute approximate surface area is 130 Å². The number of hydrogen-bond acceptors (Lipinski definition) is 5. The van der Waals surface area contributed by atoms with Crippen LogP contribution >= 0.6 is 0 Å². The zero-order chi connectivity index (χ0) is 16.6. The Morgan fingerprint density at radius 1 is 1.50 bits per heavy atom. The SMILES string of the molecule is CCCC(C)C=C(C(=O)OCCCS(=O)(=O)O)n1ccnc1. The highest BCUT2D eigenvalue weighted by molar-refractivity contribution is 7.85. The second kappa shape index (κ2) is 8.70. The number of carbonyl (C=O) groups excluding carboxylic acids is 1. The molecule has 1 aromatic heterocycles. The molecule has 0 amide bonds. The second-order valence-electron chi connectivity index (χ2n) is 5.06. The number of allylic oxidation sites excluding steroid dienone is 1. The van der Waals surface area contributed by atoms with Gasteiger partial charge in [0.2, 0.25) is 0 Å². The number of carbonyl (C=O) groups is 1. The number of imidazole rings is 1. The second-order valence-corrected chi connectivity index (χ2v) is 6.64. The molecule has 1 heterocycles. The van der Waals surface area contributed by atoms with Gasteiger partial charge in [-0.25, -0.2) is 9.78 Å². The molecule has 0 saturated carbocycles. The van der Waals surface area contributed by atoms with E-state index in [1.807, 2.05) is 13.0 Å². The van der Waals surface area contributed by atoms with Crippen molar-refractivity contribution < 1.29 is 22.5 Å². The van der Waals surface area contributed by atoms with E-state index in [1.165, 1.54) is 6.33 Å². The molecule has 124 valence electrons. The van der Waals surface area contributed by atoms with Crippen molar-refractivity contribution >= 4 is 21.8 Å². The van der Waals surface area contributed by atoms with Crippen LogP contribution in [0.3, 0.4) is 0 Å². The summed E-state index contributed by atoms with van der Waals surface area (Å²) < 4.78 is 36.5. The molecule has 0 fully saturated rings. The van der Waals surface area contributed by atoms with Crippen molar-refractivity contribution in [1.82, 2.24) is 9.55 Å². The average Bonchev–Trinajstić information content (AvgIpc) is 2.94. The van der Waals surface area contributed by atoms with Crippen molar-refractivity contribution in [1.29, 1.82) is 0 Å². The van der Waals surface area contributed by atoms with Gasteiger partial charge in [0.25, 0.3) is 10.1 Å². The maximum absolute atomic E-state index is 12.2. The summed E-state index contributed by atoms with van der Waals surface area (Å²) in [6.45, 7) is 3.99. The van der Waals surface area contributed by atoms with Gasteiger partial charge in [-0.15, -0.1) is 0 Å².